The summed E-state index contributed by atoms with van der Waals surface area (Å²) in [5.41, 5.74) is 0. The van der Waals surface area contributed by atoms with Crippen LogP contribution in [-0.4, -0.2) is 5.97 Å². The second-order valence-corrected chi connectivity index (χ2v) is 5.01. The minimum absolute atomic E-state index is 0.234. The molecule has 2 heteroatoms. The van der Waals surface area contributed by atoms with Crippen LogP contribution >= 0.6 is 0 Å². The molecule has 0 spiro atoms. The number of rotatable bonds is 13. The van der Waals surface area contributed by atoms with Crippen LogP contribution in [0.4, 0.5) is 0 Å². The number of carbonyl (C=O) groups is 1. The van der Waals surface area contributed by atoms with Crippen molar-refractivity contribution in [3.05, 3.63) is 0 Å². The molecule has 0 fully saturated rings. The van der Waals surface area contributed by atoms with Crippen LogP contribution in [0.3, 0.4) is 0 Å². The lowest BCUT2D eigenvalue weighted by Gasteiger charge is -2.01. The molecule has 0 N–H and O–H groups in total. The maximum atomic E-state index is 10.2. The van der Waals surface area contributed by atoms with Gasteiger partial charge in [-0.1, -0.05) is 77.6 Å². The van der Waals surface area contributed by atoms with Gasteiger partial charge < -0.3 is 0 Å². The zero-order valence-corrected chi connectivity index (χ0v) is 11.5. The summed E-state index contributed by atoms with van der Waals surface area (Å²) in [6.07, 6.45) is 15.5. The fourth-order valence-electron chi connectivity index (χ4n) is 2.11. The summed E-state index contributed by atoms with van der Waals surface area (Å²) < 4.78 is 0. The largest absolute Gasteiger partial charge is 0.355 e. The number of hydrogen-bond donors (Lipinski definition) is 0. The van der Waals surface area contributed by atoms with E-state index in [9.17, 15) is 9.90 Å². The molecule has 17 heavy (non-hydrogen) atoms. The fourth-order valence-corrected chi connectivity index (χ4v) is 2.11. The highest BCUT2D eigenvalue weighted by atomic mass is 16.4. The predicted octanol–water partition coefficient (Wildman–Crippen LogP) is 5.03. The van der Waals surface area contributed by atoms with Crippen molar-refractivity contribution < 1.29 is 9.90 Å². The SMILES string of the molecule is CCCCCCCCCCCCCCC([O])=O. The Morgan fingerprint density at radius 1 is 0.647 bits per heavy atom. The summed E-state index contributed by atoms with van der Waals surface area (Å²) in [6, 6.07) is 0. The van der Waals surface area contributed by atoms with E-state index in [1.807, 2.05) is 0 Å². The molecule has 2 nitrogen and oxygen atoms in total. The third-order valence-electron chi connectivity index (χ3n) is 3.23. The molecule has 0 atom stereocenters. The lowest BCUT2D eigenvalue weighted by Crippen LogP contribution is -1.91. The number of hydrogen-bond acceptors (Lipinski definition) is 1. The highest BCUT2D eigenvalue weighted by Crippen LogP contribution is 2.12. The molecule has 0 saturated heterocycles. The summed E-state index contributed by atoms with van der Waals surface area (Å²) in [5.74, 6) is -0.905. The van der Waals surface area contributed by atoms with Crippen molar-refractivity contribution in [2.75, 3.05) is 0 Å². The van der Waals surface area contributed by atoms with E-state index in [2.05, 4.69) is 6.92 Å². The van der Waals surface area contributed by atoms with Gasteiger partial charge in [0.25, 0.3) is 0 Å². The average molecular weight is 241 g/mol. The minimum Gasteiger partial charge on any atom is -0.247 e. The van der Waals surface area contributed by atoms with Gasteiger partial charge in [-0.2, -0.15) is 0 Å². The van der Waals surface area contributed by atoms with Crippen molar-refractivity contribution in [3.8, 4) is 0 Å². The van der Waals surface area contributed by atoms with Crippen molar-refractivity contribution in [1.29, 1.82) is 0 Å². The average Bonchev–Trinajstić information content (AvgIpc) is 2.30. The Kier molecular flexibility index (Phi) is 13.1. The van der Waals surface area contributed by atoms with Gasteiger partial charge in [-0.05, 0) is 6.42 Å². The van der Waals surface area contributed by atoms with E-state index in [1.54, 1.807) is 0 Å². The lowest BCUT2D eigenvalue weighted by molar-refractivity contribution is -0.143. The number of unbranched alkanes of at least 4 members (excludes halogenated alkanes) is 11. The molecule has 0 bridgehead atoms. The molecule has 0 saturated carbocycles. The maximum Gasteiger partial charge on any atom is 0.355 e. The molecule has 0 heterocycles. The molecular formula is C15H29O2. The van der Waals surface area contributed by atoms with Crippen LogP contribution in [-0.2, 0) is 9.90 Å². The molecular weight excluding hydrogens is 212 g/mol. The molecule has 0 unspecified atom stereocenters. The van der Waals surface area contributed by atoms with Gasteiger partial charge in [0.2, 0.25) is 0 Å². The molecule has 1 radical (unpaired) electrons. The Morgan fingerprint density at radius 2 is 1.00 bits per heavy atom. The second-order valence-electron chi connectivity index (χ2n) is 5.01. The van der Waals surface area contributed by atoms with Crippen LogP contribution in [0.5, 0.6) is 0 Å². The van der Waals surface area contributed by atoms with E-state index in [-0.39, 0.29) is 6.42 Å². The third kappa shape index (κ3) is 15.5. The van der Waals surface area contributed by atoms with Crippen LogP contribution in [0.2, 0.25) is 0 Å². The molecule has 0 aliphatic heterocycles. The smallest absolute Gasteiger partial charge is 0.247 e. The lowest BCUT2D eigenvalue weighted by atomic mass is 10.0. The van der Waals surface area contributed by atoms with Gasteiger partial charge >= 0.3 is 5.97 Å². The Hall–Kier alpha value is -0.530. The molecule has 0 amide bonds. The van der Waals surface area contributed by atoms with E-state index in [1.165, 1.54) is 64.2 Å². The first kappa shape index (κ1) is 16.5. The van der Waals surface area contributed by atoms with Crippen LogP contribution < -0.4 is 0 Å². The predicted molar refractivity (Wildman–Crippen MR) is 71.4 cm³/mol. The van der Waals surface area contributed by atoms with Gasteiger partial charge in [-0.3, -0.25) is 0 Å². The van der Waals surface area contributed by atoms with Gasteiger partial charge in [0.05, 0.1) is 6.42 Å². The fraction of sp³-hybridized carbons (Fsp3) is 0.933. The first-order chi connectivity index (χ1) is 8.27. The Bertz CT molecular complexity index is 166. The molecule has 0 aromatic carbocycles. The summed E-state index contributed by atoms with van der Waals surface area (Å²) in [5, 5.41) is 10.2. The van der Waals surface area contributed by atoms with Crippen LogP contribution in [0.1, 0.15) is 90.4 Å². The topological polar surface area (TPSA) is 37.0 Å². The Balaban J connectivity index is 2.91. The second kappa shape index (κ2) is 13.5. The first-order valence-corrected chi connectivity index (χ1v) is 7.47. The van der Waals surface area contributed by atoms with Crippen LogP contribution in [0.25, 0.3) is 0 Å². The Morgan fingerprint density at radius 3 is 1.35 bits per heavy atom. The molecule has 101 valence electrons. The molecule has 0 aromatic rings. The van der Waals surface area contributed by atoms with E-state index >= 15 is 0 Å². The standard InChI is InChI=1S/C15H29O2/c1-2-3-4-5-6-7-8-9-10-11-12-13-14-15(16)17/h2-14H2,1H3. The van der Waals surface area contributed by atoms with Crippen molar-refractivity contribution in [1.82, 2.24) is 0 Å². The maximum absolute atomic E-state index is 10.2. The normalized spacial score (nSPS) is 10.6. The minimum atomic E-state index is -0.905. The quantitative estimate of drug-likeness (QED) is 0.416. The summed E-state index contributed by atoms with van der Waals surface area (Å²) in [4.78, 5) is 10.2. The third-order valence-corrected chi connectivity index (χ3v) is 3.23. The van der Waals surface area contributed by atoms with Crippen molar-refractivity contribution in [2.45, 2.75) is 90.4 Å². The summed E-state index contributed by atoms with van der Waals surface area (Å²) in [6.45, 7) is 2.25. The van der Waals surface area contributed by atoms with E-state index in [4.69, 9.17) is 0 Å². The van der Waals surface area contributed by atoms with E-state index in [0.717, 1.165) is 12.8 Å². The summed E-state index contributed by atoms with van der Waals surface area (Å²) in [7, 11) is 0. The van der Waals surface area contributed by atoms with Crippen LogP contribution in [0, 0.1) is 0 Å². The summed E-state index contributed by atoms with van der Waals surface area (Å²) >= 11 is 0. The first-order valence-electron chi connectivity index (χ1n) is 7.47. The van der Waals surface area contributed by atoms with E-state index in [0.29, 0.717) is 0 Å². The monoisotopic (exact) mass is 241 g/mol. The highest BCUT2D eigenvalue weighted by molar-refractivity contribution is 5.66. The number of carbonyl (C=O) groups excluding carboxylic acids is 1. The van der Waals surface area contributed by atoms with Gasteiger partial charge in [0.15, 0.2) is 0 Å². The zero-order valence-electron chi connectivity index (χ0n) is 11.5. The van der Waals surface area contributed by atoms with Crippen LogP contribution in [0.15, 0.2) is 0 Å². The molecule has 0 rings (SSSR count). The molecule has 0 aliphatic rings. The van der Waals surface area contributed by atoms with Crippen molar-refractivity contribution >= 4 is 5.97 Å². The van der Waals surface area contributed by atoms with E-state index < -0.39 is 5.97 Å². The van der Waals surface area contributed by atoms with Gasteiger partial charge in [0, 0.05) is 0 Å². The highest BCUT2D eigenvalue weighted by Gasteiger charge is 1.98. The van der Waals surface area contributed by atoms with Gasteiger partial charge in [-0.25, -0.2) is 9.90 Å². The van der Waals surface area contributed by atoms with Crippen molar-refractivity contribution in [3.63, 3.8) is 0 Å². The molecule has 0 aliphatic carbocycles. The molecule has 0 aromatic heterocycles. The zero-order chi connectivity index (χ0) is 12.8. The Labute approximate surface area is 107 Å². The van der Waals surface area contributed by atoms with Crippen molar-refractivity contribution in [2.24, 2.45) is 0 Å². The van der Waals surface area contributed by atoms with Gasteiger partial charge in [0.1, 0.15) is 0 Å². The van der Waals surface area contributed by atoms with Gasteiger partial charge in [-0.15, -0.1) is 0 Å².